The Bertz CT molecular complexity index is 2820. The first-order valence-electron chi connectivity index (χ1n) is 25.4. The maximum Gasteiger partial charge on any atom is 0.342 e. The molecule has 6 heterocycles. The van der Waals surface area contributed by atoms with Gasteiger partial charge in [0.05, 0.1) is 94.1 Å². The number of halogens is 3. The monoisotopic (exact) mass is 1060 g/mol. The lowest BCUT2D eigenvalue weighted by molar-refractivity contribution is -0.140. The molecular formula is C50H60F3N13O10. The van der Waals surface area contributed by atoms with Gasteiger partial charge in [-0.15, -0.1) is 5.10 Å². The molecule has 0 bridgehead atoms. The number of hydrogen-bond donors (Lipinski definition) is 4. The number of carbonyl (C=O) groups is 6. The number of fused-ring (bicyclic) bond motifs is 2. The van der Waals surface area contributed by atoms with E-state index in [0.717, 1.165) is 34.4 Å². The van der Waals surface area contributed by atoms with Crippen LogP contribution in [0.5, 0.6) is 5.75 Å². The number of amides is 6. The molecule has 2 aromatic carbocycles. The second-order valence-electron chi connectivity index (χ2n) is 19.1. The Balaban J connectivity index is 0.645. The van der Waals surface area contributed by atoms with E-state index in [0.29, 0.717) is 104 Å². The summed E-state index contributed by atoms with van der Waals surface area (Å²) in [7, 11) is 2.63. The van der Waals surface area contributed by atoms with Crippen molar-refractivity contribution in [2.75, 3.05) is 100 Å². The number of nitrogens with zero attached hydrogens (tertiary/aromatic N) is 9. The number of methoxy groups -OCH3 is 1. The molecule has 0 spiro atoms. The van der Waals surface area contributed by atoms with Crippen LogP contribution in [0.4, 0.5) is 42.0 Å². The number of ether oxygens (including phenoxy) is 4. The summed E-state index contributed by atoms with van der Waals surface area (Å²) in [5.41, 5.74) is 1.63. The third-order valence-corrected chi connectivity index (χ3v) is 14.0. The SMILES string of the molecule is COc1cc(C(=O)NC2CCN(Cc3cn(CCOCCOCCOCCNc4cccc5c4C(=O)N(C4CCC(=O)NC4=O)C5=O)nn3)CC2)c(F)cc1Nc1ncc2c(n1)N(C1CCCC1)CC(F)(F)C(=O)N2C. The van der Waals surface area contributed by atoms with Gasteiger partial charge in [0.1, 0.15) is 23.3 Å². The van der Waals surface area contributed by atoms with Crippen LogP contribution in [-0.4, -0.2) is 174 Å². The van der Waals surface area contributed by atoms with Crippen molar-refractivity contribution in [3.05, 3.63) is 70.9 Å². The topological polar surface area (TPSA) is 257 Å². The van der Waals surface area contributed by atoms with Crippen LogP contribution < -0.4 is 35.8 Å². The van der Waals surface area contributed by atoms with Crippen LogP contribution in [0.3, 0.4) is 0 Å². The molecular weight excluding hydrogens is 1000 g/mol. The molecule has 1 saturated carbocycles. The first-order valence-corrected chi connectivity index (χ1v) is 25.4. The molecule has 1 unspecified atom stereocenters. The van der Waals surface area contributed by atoms with Gasteiger partial charge in [0.2, 0.25) is 17.8 Å². The lowest BCUT2D eigenvalue weighted by atomic mass is 10.0. The summed E-state index contributed by atoms with van der Waals surface area (Å²) in [6, 6.07) is 5.76. The van der Waals surface area contributed by atoms with Gasteiger partial charge in [0.25, 0.3) is 23.6 Å². The van der Waals surface area contributed by atoms with Gasteiger partial charge in [-0.25, -0.2) is 14.1 Å². The average molecular weight is 1060 g/mol. The Kier molecular flexibility index (Phi) is 16.7. The van der Waals surface area contributed by atoms with Crippen molar-refractivity contribution < 1.29 is 60.9 Å². The molecule has 4 N–H and O–H groups in total. The quantitative estimate of drug-likeness (QED) is 0.0651. The smallest absolute Gasteiger partial charge is 0.342 e. The number of rotatable bonds is 22. The maximum absolute atomic E-state index is 15.7. The molecule has 5 aliphatic rings. The summed E-state index contributed by atoms with van der Waals surface area (Å²) < 4.78 is 70.0. The highest BCUT2D eigenvalue weighted by molar-refractivity contribution is 6.25. The van der Waals surface area contributed by atoms with Crippen molar-refractivity contribution in [3.8, 4) is 5.75 Å². The van der Waals surface area contributed by atoms with Gasteiger partial charge in [-0.1, -0.05) is 24.1 Å². The fraction of sp³-hybridized carbons (Fsp3) is 0.520. The fourth-order valence-corrected chi connectivity index (χ4v) is 10.1. The molecule has 76 heavy (non-hydrogen) atoms. The molecule has 2 aromatic heterocycles. The molecule has 1 aliphatic carbocycles. The van der Waals surface area contributed by atoms with Crippen LogP contribution in [0.25, 0.3) is 0 Å². The van der Waals surface area contributed by atoms with Gasteiger partial charge >= 0.3 is 5.92 Å². The Labute approximate surface area is 435 Å². The van der Waals surface area contributed by atoms with Crippen LogP contribution in [0.15, 0.2) is 42.7 Å². The van der Waals surface area contributed by atoms with E-state index in [4.69, 9.17) is 18.9 Å². The second-order valence-corrected chi connectivity index (χ2v) is 19.1. The first kappa shape index (κ1) is 53.5. The highest BCUT2D eigenvalue weighted by Gasteiger charge is 2.49. The summed E-state index contributed by atoms with van der Waals surface area (Å²) in [5, 5.41) is 19.7. The first-order chi connectivity index (χ1) is 36.7. The Morgan fingerprint density at radius 2 is 1.64 bits per heavy atom. The van der Waals surface area contributed by atoms with Crippen molar-refractivity contribution in [2.24, 2.45) is 0 Å². The molecule has 1 atom stereocenters. The Hall–Kier alpha value is -7.29. The number of imide groups is 2. The van der Waals surface area contributed by atoms with Gasteiger partial charge < -0.3 is 44.7 Å². The zero-order valence-corrected chi connectivity index (χ0v) is 42.2. The van der Waals surface area contributed by atoms with Crippen molar-refractivity contribution in [2.45, 2.75) is 88.5 Å². The number of benzene rings is 2. The minimum atomic E-state index is -3.64. The van der Waals surface area contributed by atoms with Gasteiger partial charge in [-0.05, 0) is 50.3 Å². The van der Waals surface area contributed by atoms with Gasteiger partial charge in [-0.2, -0.15) is 13.8 Å². The summed E-state index contributed by atoms with van der Waals surface area (Å²) in [6.07, 6.45) is 7.59. The molecule has 26 heteroatoms. The third kappa shape index (κ3) is 12.0. The summed E-state index contributed by atoms with van der Waals surface area (Å²) in [4.78, 5) is 90.7. The van der Waals surface area contributed by atoms with Crippen molar-refractivity contribution >= 4 is 64.3 Å². The predicted molar refractivity (Wildman–Crippen MR) is 266 cm³/mol. The number of nitrogens with one attached hydrogen (secondary N) is 4. The number of alkyl halides is 2. The molecule has 3 fully saturated rings. The highest BCUT2D eigenvalue weighted by atomic mass is 19.3. The van der Waals surface area contributed by atoms with E-state index in [9.17, 15) is 28.8 Å². The number of piperidine rings is 2. The van der Waals surface area contributed by atoms with Gasteiger partial charge in [0, 0.05) is 69.7 Å². The summed E-state index contributed by atoms with van der Waals surface area (Å²) >= 11 is 0. The number of likely N-dealkylation sites (tertiary alicyclic amines) is 1. The van der Waals surface area contributed by atoms with Gasteiger partial charge in [0.15, 0.2) is 5.82 Å². The predicted octanol–water partition coefficient (Wildman–Crippen LogP) is 3.28. The largest absolute Gasteiger partial charge is 0.495 e. The maximum atomic E-state index is 15.7. The van der Waals surface area contributed by atoms with Crippen LogP contribution >= 0.6 is 0 Å². The minimum absolute atomic E-state index is 0.0323. The molecule has 23 nitrogen and oxygen atoms in total. The van der Waals surface area contributed by atoms with Gasteiger partial charge in [-0.3, -0.25) is 43.9 Å². The fourth-order valence-electron chi connectivity index (χ4n) is 10.1. The molecule has 4 aliphatic heterocycles. The lowest BCUT2D eigenvalue weighted by Gasteiger charge is -2.31. The zero-order chi connectivity index (χ0) is 53.5. The van der Waals surface area contributed by atoms with E-state index < -0.39 is 59.8 Å². The number of carbonyl (C=O) groups excluding carboxylic acids is 6. The van der Waals surface area contributed by atoms with E-state index in [1.54, 1.807) is 16.8 Å². The van der Waals surface area contributed by atoms with E-state index in [2.05, 4.69) is 46.4 Å². The molecule has 9 rings (SSSR count). The zero-order valence-electron chi connectivity index (χ0n) is 42.2. The van der Waals surface area contributed by atoms with Crippen molar-refractivity contribution in [1.82, 2.24) is 45.4 Å². The van der Waals surface area contributed by atoms with Crippen LogP contribution in [0, 0.1) is 5.82 Å². The lowest BCUT2D eigenvalue weighted by Crippen LogP contribution is -2.54. The molecule has 0 radical (unpaired) electrons. The minimum Gasteiger partial charge on any atom is -0.495 e. The molecule has 6 amide bonds. The standard InChI is InChI=1S/C50H60F3N13O10/c1-62-39-26-55-49(59-43(39)65(32-6-3-4-7-32)29-50(52,53)48(62)72)57-37-25-35(51)34(24-40(37)73-2)44(68)56-30-12-15-63(16-13-30)27-31-28-64(61-60-31)17-19-75-21-23-76-22-20-74-18-14-54-36-9-5-8-33-42(36)47(71)66(46(33)70)38-10-11-41(67)58-45(38)69/h5,8-9,24-26,28,30,32,38,54H,3-4,6-7,10-23,27,29H2,1-2H3,(H,56,68)(H,55,57,59)(H,58,67,69). The van der Waals surface area contributed by atoms with Crippen molar-refractivity contribution in [1.29, 1.82) is 0 Å². The van der Waals surface area contributed by atoms with Crippen molar-refractivity contribution in [3.63, 3.8) is 0 Å². The summed E-state index contributed by atoms with van der Waals surface area (Å²) in [6.45, 7) is 3.96. The highest BCUT2D eigenvalue weighted by Crippen LogP contribution is 2.40. The molecule has 2 saturated heterocycles. The van der Waals surface area contributed by atoms with E-state index >= 15 is 13.2 Å². The van der Waals surface area contributed by atoms with Crippen LogP contribution in [-0.2, 0) is 41.7 Å². The summed E-state index contributed by atoms with van der Waals surface area (Å²) in [5.74, 6) is -8.41. The Morgan fingerprint density at radius 1 is 0.908 bits per heavy atom. The average Bonchev–Trinajstić information content (AvgIpc) is 4.21. The Morgan fingerprint density at radius 3 is 2.38 bits per heavy atom. The van der Waals surface area contributed by atoms with E-state index in [1.807, 2.05) is 6.20 Å². The normalized spacial score (nSPS) is 19.2. The third-order valence-electron chi connectivity index (χ3n) is 14.0. The number of aromatic nitrogens is 5. The molecule has 4 aromatic rings. The van der Waals surface area contributed by atoms with E-state index in [-0.39, 0.29) is 70.5 Å². The number of hydrogen-bond acceptors (Lipinski definition) is 18. The van der Waals surface area contributed by atoms with E-state index in [1.165, 1.54) is 37.4 Å². The van der Waals surface area contributed by atoms with Crippen LogP contribution in [0.1, 0.15) is 88.1 Å². The van der Waals surface area contributed by atoms with Crippen LogP contribution in [0.2, 0.25) is 0 Å². The molecule has 406 valence electrons. The number of anilines is 5. The second kappa shape index (κ2) is 23.7.